The van der Waals surface area contributed by atoms with E-state index in [9.17, 15) is 0 Å². The smallest absolute Gasteiger partial charge is 0.173 e. The Bertz CT molecular complexity index is 573. The van der Waals surface area contributed by atoms with Gasteiger partial charge in [-0.1, -0.05) is 30.3 Å². The summed E-state index contributed by atoms with van der Waals surface area (Å²) < 4.78 is 5.72. The fraction of sp³-hybridized carbons (Fsp3) is 0. The number of halogens is 1. The Morgan fingerprint density at radius 3 is 2.41 bits per heavy atom. The van der Waals surface area contributed by atoms with Crippen LogP contribution in [-0.2, 0) is 0 Å². The molecule has 4 heteroatoms. The molecule has 86 valence electrons. The summed E-state index contributed by atoms with van der Waals surface area (Å²) in [6.07, 6.45) is 3.49. The van der Waals surface area contributed by atoms with Gasteiger partial charge in [0, 0.05) is 18.0 Å². The van der Waals surface area contributed by atoms with Crippen LogP contribution in [0.15, 0.2) is 59.3 Å². The SMILES string of the molecule is Cl.c1ccc(-c2ccc(-c3ncc[nH]3)o2)cc1. The molecule has 0 unspecified atom stereocenters. The lowest BCUT2D eigenvalue weighted by atomic mass is 10.2. The summed E-state index contributed by atoms with van der Waals surface area (Å²) in [6.45, 7) is 0. The van der Waals surface area contributed by atoms with Crippen molar-refractivity contribution < 1.29 is 4.42 Å². The maximum absolute atomic E-state index is 5.72. The van der Waals surface area contributed by atoms with E-state index < -0.39 is 0 Å². The van der Waals surface area contributed by atoms with Crippen LogP contribution in [0.3, 0.4) is 0 Å². The van der Waals surface area contributed by atoms with Crippen LogP contribution < -0.4 is 0 Å². The third-order valence-corrected chi connectivity index (χ3v) is 2.40. The Kier molecular flexibility index (Phi) is 3.30. The third kappa shape index (κ3) is 2.24. The second kappa shape index (κ2) is 4.89. The predicted octanol–water partition coefficient (Wildman–Crippen LogP) is 3.76. The number of hydrogen-bond acceptors (Lipinski definition) is 2. The summed E-state index contributed by atoms with van der Waals surface area (Å²) in [5, 5.41) is 0. The fourth-order valence-corrected chi connectivity index (χ4v) is 1.62. The van der Waals surface area contributed by atoms with Crippen LogP contribution >= 0.6 is 12.4 Å². The molecule has 3 rings (SSSR count). The predicted molar refractivity (Wildman–Crippen MR) is 69.0 cm³/mol. The van der Waals surface area contributed by atoms with Crippen molar-refractivity contribution in [2.24, 2.45) is 0 Å². The molecule has 0 saturated carbocycles. The summed E-state index contributed by atoms with van der Waals surface area (Å²) in [5.41, 5.74) is 1.07. The Labute approximate surface area is 105 Å². The van der Waals surface area contributed by atoms with E-state index >= 15 is 0 Å². The lowest BCUT2D eigenvalue weighted by Gasteiger charge is -1.95. The Morgan fingerprint density at radius 2 is 1.71 bits per heavy atom. The average molecular weight is 247 g/mol. The Morgan fingerprint density at radius 1 is 0.941 bits per heavy atom. The molecule has 0 spiro atoms. The van der Waals surface area contributed by atoms with E-state index in [2.05, 4.69) is 9.97 Å². The van der Waals surface area contributed by atoms with Gasteiger partial charge in [-0.25, -0.2) is 4.98 Å². The molecule has 0 amide bonds. The lowest BCUT2D eigenvalue weighted by Crippen LogP contribution is -1.74. The van der Waals surface area contributed by atoms with Gasteiger partial charge in [-0.3, -0.25) is 0 Å². The molecule has 1 N–H and O–H groups in total. The standard InChI is InChI=1S/C13H10N2O.ClH/c1-2-4-10(5-3-1)11-6-7-12(16-11)13-14-8-9-15-13;/h1-9H,(H,14,15);1H. The van der Waals surface area contributed by atoms with Crippen LogP contribution in [0, 0.1) is 0 Å². The summed E-state index contributed by atoms with van der Waals surface area (Å²) >= 11 is 0. The number of nitrogens with zero attached hydrogens (tertiary/aromatic N) is 1. The van der Waals surface area contributed by atoms with Crippen LogP contribution in [0.2, 0.25) is 0 Å². The molecule has 0 aliphatic rings. The van der Waals surface area contributed by atoms with E-state index in [1.807, 2.05) is 42.5 Å². The molecule has 2 aromatic heterocycles. The number of rotatable bonds is 2. The quantitative estimate of drug-likeness (QED) is 0.748. The fourth-order valence-electron chi connectivity index (χ4n) is 1.62. The van der Waals surface area contributed by atoms with Crippen molar-refractivity contribution in [2.45, 2.75) is 0 Å². The number of benzene rings is 1. The number of nitrogens with one attached hydrogen (secondary N) is 1. The van der Waals surface area contributed by atoms with Crippen molar-refractivity contribution in [3.05, 3.63) is 54.9 Å². The number of H-pyrrole nitrogens is 1. The van der Waals surface area contributed by atoms with Crippen molar-refractivity contribution in [3.63, 3.8) is 0 Å². The maximum Gasteiger partial charge on any atom is 0.173 e. The van der Waals surface area contributed by atoms with Crippen LogP contribution in [0.25, 0.3) is 22.9 Å². The van der Waals surface area contributed by atoms with Crippen LogP contribution in [0.1, 0.15) is 0 Å². The van der Waals surface area contributed by atoms with Crippen molar-refractivity contribution in [3.8, 4) is 22.9 Å². The molecule has 1 aromatic carbocycles. The van der Waals surface area contributed by atoms with Crippen molar-refractivity contribution in [2.75, 3.05) is 0 Å². The highest BCUT2D eigenvalue weighted by Crippen LogP contribution is 2.26. The van der Waals surface area contributed by atoms with Gasteiger partial charge in [-0.15, -0.1) is 12.4 Å². The molecule has 0 aliphatic heterocycles. The summed E-state index contributed by atoms with van der Waals surface area (Å²) in [5.74, 6) is 2.36. The average Bonchev–Trinajstić information content (AvgIpc) is 3.01. The van der Waals surface area contributed by atoms with Gasteiger partial charge in [0.1, 0.15) is 5.76 Å². The number of hydrogen-bond donors (Lipinski definition) is 1. The Balaban J connectivity index is 0.00000108. The van der Waals surface area contributed by atoms with Crippen LogP contribution in [0.5, 0.6) is 0 Å². The highest BCUT2D eigenvalue weighted by Gasteiger charge is 2.07. The summed E-state index contributed by atoms with van der Waals surface area (Å²) in [6, 6.07) is 13.9. The van der Waals surface area contributed by atoms with Gasteiger partial charge in [-0.05, 0) is 12.1 Å². The van der Waals surface area contributed by atoms with Crippen molar-refractivity contribution in [1.82, 2.24) is 9.97 Å². The van der Waals surface area contributed by atoms with E-state index in [0.29, 0.717) is 0 Å². The largest absolute Gasteiger partial charge is 0.453 e. The molecule has 0 bridgehead atoms. The first-order valence-corrected chi connectivity index (χ1v) is 5.08. The van der Waals surface area contributed by atoms with E-state index in [0.717, 1.165) is 22.9 Å². The van der Waals surface area contributed by atoms with E-state index in [-0.39, 0.29) is 12.4 Å². The maximum atomic E-state index is 5.72. The molecule has 0 fully saturated rings. The summed E-state index contributed by atoms with van der Waals surface area (Å²) in [7, 11) is 0. The first kappa shape index (κ1) is 11.5. The first-order valence-electron chi connectivity index (χ1n) is 5.08. The molecule has 17 heavy (non-hydrogen) atoms. The topological polar surface area (TPSA) is 41.8 Å². The van der Waals surface area contributed by atoms with Gasteiger partial charge < -0.3 is 9.40 Å². The molecular weight excluding hydrogens is 236 g/mol. The molecule has 3 nitrogen and oxygen atoms in total. The molecule has 0 atom stereocenters. The molecular formula is C13H11ClN2O. The van der Waals surface area contributed by atoms with Crippen LogP contribution in [-0.4, -0.2) is 9.97 Å². The molecule has 0 radical (unpaired) electrons. The summed E-state index contributed by atoms with van der Waals surface area (Å²) in [4.78, 5) is 7.16. The van der Waals surface area contributed by atoms with Crippen molar-refractivity contribution in [1.29, 1.82) is 0 Å². The number of aromatic amines is 1. The molecule has 0 saturated heterocycles. The van der Waals surface area contributed by atoms with Gasteiger partial charge in [0.05, 0.1) is 0 Å². The van der Waals surface area contributed by atoms with Gasteiger partial charge in [0.25, 0.3) is 0 Å². The van der Waals surface area contributed by atoms with E-state index in [1.54, 1.807) is 12.4 Å². The van der Waals surface area contributed by atoms with Gasteiger partial charge >= 0.3 is 0 Å². The van der Waals surface area contributed by atoms with Gasteiger partial charge in [-0.2, -0.15) is 0 Å². The van der Waals surface area contributed by atoms with E-state index in [1.165, 1.54) is 0 Å². The zero-order chi connectivity index (χ0) is 10.8. The van der Waals surface area contributed by atoms with Gasteiger partial charge in [0.2, 0.25) is 0 Å². The second-order valence-corrected chi connectivity index (χ2v) is 3.47. The van der Waals surface area contributed by atoms with Crippen molar-refractivity contribution >= 4 is 12.4 Å². The Hall–Kier alpha value is -2.00. The minimum atomic E-state index is 0. The molecule has 0 aliphatic carbocycles. The minimum absolute atomic E-state index is 0. The third-order valence-electron chi connectivity index (χ3n) is 2.40. The second-order valence-electron chi connectivity index (χ2n) is 3.47. The zero-order valence-electron chi connectivity index (χ0n) is 8.96. The van der Waals surface area contributed by atoms with E-state index in [4.69, 9.17) is 4.42 Å². The van der Waals surface area contributed by atoms with Crippen LogP contribution in [0.4, 0.5) is 0 Å². The molecule has 3 aromatic rings. The number of aromatic nitrogens is 2. The zero-order valence-corrected chi connectivity index (χ0v) is 9.78. The minimum Gasteiger partial charge on any atom is -0.453 e. The highest BCUT2D eigenvalue weighted by atomic mass is 35.5. The van der Waals surface area contributed by atoms with Gasteiger partial charge in [0.15, 0.2) is 11.6 Å². The monoisotopic (exact) mass is 246 g/mol. The normalized spacial score (nSPS) is 9.88. The number of imidazole rings is 1. The highest BCUT2D eigenvalue weighted by molar-refractivity contribution is 5.85. The molecule has 2 heterocycles. The lowest BCUT2D eigenvalue weighted by molar-refractivity contribution is 0.593. The number of furan rings is 1. The first-order chi connectivity index (χ1) is 7.93.